The first-order chi connectivity index (χ1) is 12.6. The van der Waals surface area contributed by atoms with Gasteiger partial charge in [0, 0.05) is 23.9 Å². The van der Waals surface area contributed by atoms with E-state index in [1.54, 1.807) is 31.2 Å². The third kappa shape index (κ3) is 4.76. The molecule has 1 fully saturated rings. The number of aryl methyl sites for hydroxylation is 1. The highest BCUT2D eigenvalue weighted by Crippen LogP contribution is 2.38. The van der Waals surface area contributed by atoms with Gasteiger partial charge in [0.1, 0.15) is 5.78 Å². The molecule has 0 spiro atoms. The van der Waals surface area contributed by atoms with Crippen molar-refractivity contribution in [3.8, 4) is 0 Å². The van der Waals surface area contributed by atoms with Crippen LogP contribution in [0.25, 0.3) is 0 Å². The summed E-state index contributed by atoms with van der Waals surface area (Å²) in [5.41, 5.74) is 1.28. The predicted molar refractivity (Wildman–Crippen MR) is 92.7 cm³/mol. The Labute approximate surface area is 155 Å². The van der Waals surface area contributed by atoms with Gasteiger partial charge in [-0.3, -0.25) is 19.2 Å². The van der Waals surface area contributed by atoms with Crippen molar-refractivity contribution in [1.29, 1.82) is 0 Å². The second-order valence-electron chi connectivity index (χ2n) is 6.93. The molecule has 0 aromatic heterocycles. The zero-order valence-corrected chi connectivity index (χ0v) is 15.0. The minimum Gasteiger partial charge on any atom is -0.599 e. The number of carbonyl (C=O) groups excluding carboxylic acids is 3. The number of Topliss-reactive ketones (excluding diaryl/α,β-unsaturated/α-hetero) is 2. The molecule has 27 heavy (non-hydrogen) atoms. The van der Waals surface area contributed by atoms with E-state index in [4.69, 9.17) is 5.11 Å². The molecule has 1 saturated carbocycles. The Morgan fingerprint density at radius 1 is 1.30 bits per heavy atom. The number of quaternary nitrogens is 1. The summed E-state index contributed by atoms with van der Waals surface area (Å²) in [6.45, 7) is 3.43. The molecule has 1 aromatic carbocycles. The molecule has 1 aromatic rings. The number of aliphatic carboxylic acids is 1. The van der Waals surface area contributed by atoms with Crippen molar-refractivity contribution in [2.45, 2.75) is 32.7 Å². The summed E-state index contributed by atoms with van der Waals surface area (Å²) >= 11 is 0. The van der Waals surface area contributed by atoms with Crippen molar-refractivity contribution >= 4 is 29.1 Å². The van der Waals surface area contributed by atoms with Crippen LogP contribution in [-0.2, 0) is 19.2 Å². The number of carboxylic acids is 1. The van der Waals surface area contributed by atoms with E-state index in [1.807, 2.05) is 6.92 Å². The number of carbonyl (C=O) groups is 4. The van der Waals surface area contributed by atoms with Gasteiger partial charge in [-0.2, -0.15) is 0 Å². The van der Waals surface area contributed by atoms with Gasteiger partial charge in [0.25, 0.3) is 11.7 Å². The minimum atomic E-state index is -1.78. The van der Waals surface area contributed by atoms with Crippen molar-refractivity contribution in [2.24, 2.45) is 17.8 Å². The molecule has 0 saturated heterocycles. The normalized spacial score (nSPS) is 24.3. The van der Waals surface area contributed by atoms with Gasteiger partial charge in [0.05, 0.1) is 6.42 Å². The van der Waals surface area contributed by atoms with Gasteiger partial charge in [-0.25, -0.2) is 10.4 Å². The SMILES string of the molecule is Cc1ccc(NC(=O)C(=O)C(C2C(C)CC(=O)C2CC(=O)O)[NH+]([O-])O)cc1. The van der Waals surface area contributed by atoms with Crippen LogP contribution in [0.2, 0.25) is 0 Å². The van der Waals surface area contributed by atoms with Crippen LogP contribution in [0.15, 0.2) is 24.3 Å². The maximum atomic E-state index is 12.6. The maximum Gasteiger partial charge on any atom is 0.304 e. The summed E-state index contributed by atoms with van der Waals surface area (Å²) < 4.78 is 0. The largest absolute Gasteiger partial charge is 0.599 e. The number of carboxylic acid groups (broad SMARTS) is 1. The number of hydrogen-bond acceptors (Lipinski definition) is 6. The summed E-state index contributed by atoms with van der Waals surface area (Å²) in [5, 5.41) is 31.1. The zero-order chi connectivity index (χ0) is 20.3. The van der Waals surface area contributed by atoms with Gasteiger partial charge in [0.15, 0.2) is 6.04 Å². The van der Waals surface area contributed by atoms with E-state index < -0.39 is 58.9 Å². The molecule has 2 rings (SSSR count). The molecule has 1 amide bonds. The van der Waals surface area contributed by atoms with Gasteiger partial charge < -0.3 is 15.6 Å². The lowest BCUT2D eigenvalue weighted by Gasteiger charge is -2.31. The number of anilines is 1. The van der Waals surface area contributed by atoms with E-state index in [0.717, 1.165) is 5.56 Å². The number of benzene rings is 1. The number of ketones is 2. The standard InChI is InChI=1S/C18H22N2O7/c1-9-3-5-11(6-4-9)19-18(25)17(24)16(20(26)27)15-10(2)7-13(21)12(15)8-14(22)23/h3-6,10,12,15-16,20,26H,7-8H2,1-2H3,(H,19,25)(H,22,23). The molecule has 9 heteroatoms. The van der Waals surface area contributed by atoms with Crippen molar-refractivity contribution in [3.63, 3.8) is 0 Å². The molecular formula is C18H22N2O7. The summed E-state index contributed by atoms with van der Waals surface area (Å²) in [6, 6.07) is 4.81. The molecule has 146 valence electrons. The van der Waals surface area contributed by atoms with Gasteiger partial charge in [-0.15, -0.1) is 0 Å². The fourth-order valence-electron chi connectivity index (χ4n) is 3.64. The van der Waals surface area contributed by atoms with Gasteiger partial charge in [-0.1, -0.05) is 24.6 Å². The lowest BCUT2D eigenvalue weighted by atomic mass is 9.80. The van der Waals surface area contributed by atoms with Crippen LogP contribution in [-0.4, -0.2) is 39.8 Å². The molecule has 0 aliphatic heterocycles. The second-order valence-corrected chi connectivity index (χ2v) is 6.93. The highest BCUT2D eigenvalue weighted by atomic mass is 16.8. The van der Waals surface area contributed by atoms with Crippen LogP contribution in [0.5, 0.6) is 0 Å². The Hall–Kier alpha value is -2.62. The fourth-order valence-corrected chi connectivity index (χ4v) is 3.64. The molecule has 9 nitrogen and oxygen atoms in total. The van der Waals surface area contributed by atoms with Gasteiger partial charge >= 0.3 is 5.97 Å². The minimum absolute atomic E-state index is 0.0146. The Morgan fingerprint density at radius 2 is 1.89 bits per heavy atom. The lowest BCUT2D eigenvalue weighted by Crippen LogP contribution is -3.11. The van der Waals surface area contributed by atoms with Crippen LogP contribution in [0.3, 0.4) is 0 Å². The van der Waals surface area contributed by atoms with E-state index >= 15 is 0 Å². The monoisotopic (exact) mass is 378 g/mol. The molecule has 0 bridgehead atoms. The Bertz CT molecular complexity index is 745. The number of rotatable bonds is 7. The molecular weight excluding hydrogens is 356 g/mol. The molecule has 5 unspecified atom stereocenters. The average Bonchev–Trinajstić information content (AvgIpc) is 2.83. The molecule has 0 heterocycles. The summed E-state index contributed by atoms with van der Waals surface area (Å²) in [6.07, 6.45) is -0.580. The second kappa shape index (κ2) is 8.38. The van der Waals surface area contributed by atoms with Crippen molar-refractivity contribution < 1.29 is 34.7 Å². The quantitative estimate of drug-likeness (QED) is 0.384. The topological polar surface area (TPSA) is 148 Å². The van der Waals surface area contributed by atoms with E-state index in [0.29, 0.717) is 5.69 Å². The maximum absolute atomic E-state index is 12.6. The Morgan fingerprint density at radius 3 is 2.41 bits per heavy atom. The molecule has 0 radical (unpaired) electrons. The molecule has 1 aliphatic rings. The first-order valence-electron chi connectivity index (χ1n) is 8.51. The van der Waals surface area contributed by atoms with E-state index in [1.165, 1.54) is 0 Å². The third-order valence-corrected chi connectivity index (χ3v) is 4.92. The van der Waals surface area contributed by atoms with E-state index in [2.05, 4.69) is 5.32 Å². The summed E-state index contributed by atoms with van der Waals surface area (Å²) in [5.74, 6) is -6.60. The van der Waals surface area contributed by atoms with Gasteiger partial charge in [-0.05, 0) is 25.0 Å². The smallest absolute Gasteiger partial charge is 0.304 e. The lowest BCUT2D eigenvalue weighted by molar-refractivity contribution is -1.06. The third-order valence-electron chi connectivity index (χ3n) is 4.92. The fraction of sp³-hybridized carbons (Fsp3) is 0.444. The molecule has 1 aliphatic carbocycles. The number of nitrogens with one attached hydrogen (secondary N) is 2. The van der Waals surface area contributed by atoms with Crippen LogP contribution < -0.4 is 10.5 Å². The molecule has 5 atom stereocenters. The first-order valence-corrected chi connectivity index (χ1v) is 8.51. The number of amides is 1. The van der Waals surface area contributed by atoms with E-state index in [-0.39, 0.29) is 6.42 Å². The van der Waals surface area contributed by atoms with Crippen LogP contribution in [0.4, 0.5) is 5.69 Å². The number of hydroxylamine groups is 2. The van der Waals surface area contributed by atoms with E-state index in [9.17, 15) is 29.6 Å². The summed E-state index contributed by atoms with van der Waals surface area (Å²) in [4.78, 5) is 48.0. The van der Waals surface area contributed by atoms with Crippen molar-refractivity contribution in [1.82, 2.24) is 0 Å². The zero-order valence-electron chi connectivity index (χ0n) is 15.0. The van der Waals surface area contributed by atoms with Gasteiger partial charge in [0.2, 0.25) is 0 Å². The first kappa shape index (κ1) is 20.7. The van der Waals surface area contributed by atoms with Crippen molar-refractivity contribution in [3.05, 3.63) is 35.0 Å². The van der Waals surface area contributed by atoms with Crippen LogP contribution >= 0.6 is 0 Å². The van der Waals surface area contributed by atoms with Crippen molar-refractivity contribution in [2.75, 3.05) is 5.32 Å². The highest BCUT2D eigenvalue weighted by Gasteiger charge is 2.51. The van der Waals surface area contributed by atoms with Crippen LogP contribution in [0.1, 0.15) is 25.3 Å². The molecule has 4 N–H and O–H groups in total. The van der Waals surface area contributed by atoms with Crippen LogP contribution in [0, 0.1) is 29.9 Å². The summed E-state index contributed by atoms with van der Waals surface area (Å²) in [7, 11) is 0. The Balaban J connectivity index is 2.25. The average molecular weight is 378 g/mol. The predicted octanol–water partition coefficient (Wildman–Crippen LogP) is -0.0409. The Kier molecular flexibility index (Phi) is 6.42. The number of hydrogen-bond donors (Lipinski definition) is 4. The highest BCUT2D eigenvalue weighted by molar-refractivity contribution is 6.42.